The van der Waals surface area contributed by atoms with Gasteiger partial charge in [0, 0.05) is 24.5 Å². The van der Waals surface area contributed by atoms with Crippen molar-refractivity contribution in [1.29, 1.82) is 0 Å². The van der Waals surface area contributed by atoms with E-state index in [2.05, 4.69) is 23.1 Å². The molecule has 0 aliphatic carbocycles. The average molecular weight is 296 g/mol. The Labute approximate surface area is 125 Å². The van der Waals surface area contributed by atoms with Gasteiger partial charge in [-0.3, -0.25) is 0 Å². The summed E-state index contributed by atoms with van der Waals surface area (Å²) in [5.41, 5.74) is 1.13. The normalized spacial score (nSPS) is 12.5. The van der Waals surface area contributed by atoms with Crippen LogP contribution in [0.5, 0.6) is 0 Å². The van der Waals surface area contributed by atoms with Gasteiger partial charge in [-0.2, -0.15) is 11.8 Å². The maximum absolute atomic E-state index is 11.3. The van der Waals surface area contributed by atoms with Crippen molar-refractivity contribution in [3.63, 3.8) is 0 Å². The van der Waals surface area contributed by atoms with Gasteiger partial charge in [-0.25, -0.2) is 9.78 Å². The second kappa shape index (κ2) is 7.53. The van der Waals surface area contributed by atoms with E-state index < -0.39 is 5.97 Å². The van der Waals surface area contributed by atoms with Crippen LogP contribution in [-0.2, 0) is 0 Å². The first-order chi connectivity index (χ1) is 9.40. The van der Waals surface area contributed by atoms with Gasteiger partial charge in [0.25, 0.3) is 0 Å². The van der Waals surface area contributed by atoms with E-state index in [0.717, 1.165) is 23.7 Å². The first kappa shape index (κ1) is 16.8. The monoisotopic (exact) mass is 296 g/mol. The Bertz CT molecular complexity index is 463. The zero-order valence-electron chi connectivity index (χ0n) is 12.9. The zero-order valence-corrected chi connectivity index (χ0v) is 13.7. The van der Waals surface area contributed by atoms with Gasteiger partial charge in [0.1, 0.15) is 5.82 Å². The Morgan fingerprint density at radius 1 is 1.45 bits per heavy atom. The topological polar surface area (TPSA) is 53.4 Å². The first-order valence-corrected chi connectivity index (χ1v) is 8.27. The van der Waals surface area contributed by atoms with Gasteiger partial charge in [-0.1, -0.05) is 20.8 Å². The van der Waals surface area contributed by atoms with Gasteiger partial charge >= 0.3 is 5.97 Å². The Morgan fingerprint density at radius 3 is 2.55 bits per heavy atom. The van der Waals surface area contributed by atoms with Crippen molar-refractivity contribution < 1.29 is 9.90 Å². The molecule has 1 rings (SSSR count). The molecule has 5 heteroatoms. The fraction of sp³-hybridized carbons (Fsp3) is 0.600. The molecule has 0 saturated carbocycles. The van der Waals surface area contributed by atoms with Crippen LogP contribution in [0.25, 0.3) is 0 Å². The van der Waals surface area contributed by atoms with E-state index in [-0.39, 0.29) is 5.92 Å². The lowest BCUT2D eigenvalue weighted by Gasteiger charge is -2.28. The minimum absolute atomic E-state index is 0.210. The van der Waals surface area contributed by atoms with E-state index in [1.54, 1.807) is 23.9 Å². The third-order valence-electron chi connectivity index (χ3n) is 3.41. The van der Waals surface area contributed by atoms with Crippen molar-refractivity contribution in [1.82, 2.24) is 4.98 Å². The van der Waals surface area contributed by atoms with Crippen LogP contribution in [-0.4, -0.2) is 41.2 Å². The molecule has 0 amide bonds. The largest absolute Gasteiger partial charge is 0.478 e. The number of hydrogen-bond donors (Lipinski definition) is 1. The molecule has 1 N–H and O–H groups in total. The Morgan fingerprint density at radius 2 is 2.10 bits per heavy atom. The number of thioether (sulfide) groups is 1. The molecule has 0 radical (unpaired) electrons. The molecule has 1 aromatic heterocycles. The molecule has 0 fully saturated rings. The van der Waals surface area contributed by atoms with Crippen LogP contribution in [0.2, 0.25) is 0 Å². The summed E-state index contributed by atoms with van der Waals surface area (Å²) in [7, 11) is 1.99. The highest BCUT2D eigenvalue weighted by molar-refractivity contribution is 7.98. The Kier molecular flexibility index (Phi) is 6.33. The van der Waals surface area contributed by atoms with E-state index >= 15 is 0 Å². The number of rotatable bonds is 7. The molecule has 0 aliphatic rings. The SMILES string of the molecule is CCC(CSC)N(C)c1cc(C(=O)O)cc(C(C)C)n1. The van der Waals surface area contributed by atoms with E-state index in [1.165, 1.54) is 0 Å². The number of carbonyl (C=O) groups is 1. The van der Waals surface area contributed by atoms with Gasteiger partial charge in [0.15, 0.2) is 0 Å². The number of carboxylic acids is 1. The molecule has 112 valence electrons. The lowest BCUT2D eigenvalue weighted by atomic mass is 10.1. The molecule has 0 bridgehead atoms. The standard InChI is InChI=1S/C15H24N2O2S/c1-6-12(9-20-5)17(4)14-8-11(15(18)19)7-13(16-14)10(2)3/h7-8,10,12H,6,9H2,1-5H3,(H,18,19). The van der Waals surface area contributed by atoms with Crippen molar-refractivity contribution in [2.75, 3.05) is 24.0 Å². The zero-order chi connectivity index (χ0) is 15.3. The van der Waals surface area contributed by atoms with E-state index in [9.17, 15) is 9.90 Å². The summed E-state index contributed by atoms with van der Waals surface area (Å²) >= 11 is 1.79. The molecule has 0 saturated heterocycles. The average Bonchev–Trinajstić information content (AvgIpc) is 2.43. The number of pyridine rings is 1. The molecular formula is C15H24N2O2S. The smallest absolute Gasteiger partial charge is 0.335 e. The minimum Gasteiger partial charge on any atom is -0.478 e. The second-order valence-corrected chi connectivity index (χ2v) is 6.14. The molecule has 0 spiro atoms. The van der Waals surface area contributed by atoms with Gasteiger partial charge < -0.3 is 10.0 Å². The minimum atomic E-state index is -0.901. The van der Waals surface area contributed by atoms with Crippen LogP contribution < -0.4 is 4.90 Å². The van der Waals surface area contributed by atoms with Crippen LogP contribution in [0.15, 0.2) is 12.1 Å². The number of aromatic carboxylic acids is 1. The molecule has 4 nitrogen and oxygen atoms in total. The van der Waals surface area contributed by atoms with Crippen LogP contribution in [0.1, 0.15) is 49.2 Å². The van der Waals surface area contributed by atoms with Crippen molar-refractivity contribution in [2.45, 2.75) is 39.2 Å². The first-order valence-electron chi connectivity index (χ1n) is 6.87. The van der Waals surface area contributed by atoms with Crippen molar-refractivity contribution in [3.05, 3.63) is 23.4 Å². The highest BCUT2D eigenvalue weighted by Crippen LogP contribution is 2.22. The van der Waals surface area contributed by atoms with E-state index in [4.69, 9.17) is 0 Å². The van der Waals surface area contributed by atoms with Crippen molar-refractivity contribution in [2.24, 2.45) is 0 Å². The second-order valence-electron chi connectivity index (χ2n) is 5.23. The van der Waals surface area contributed by atoms with E-state index in [0.29, 0.717) is 11.6 Å². The van der Waals surface area contributed by atoms with Gasteiger partial charge in [-0.15, -0.1) is 0 Å². The molecule has 1 unspecified atom stereocenters. The molecule has 1 aromatic rings. The summed E-state index contributed by atoms with van der Waals surface area (Å²) in [6, 6.07) is 3.69. The quantitative estimate of drug-likeness (QED) is 0.835. The lowest BCUT2D eigenvalue weighted by Crippen LogP contribution is -2.34. The van der Waals surface area contributed by atoms with Crippen LogP contribution in [0, 0.1) is 0 Å². The van der Waals surface area contributed by atoms with Crippen LogP contribution >= 0.6 is 11.8 Å². The number of anilines is 1. The maximum Gasteiger partial charge on any atom is 0.335 e. The summed E-state index contributed by atoms with van der Waals surface area (Å²) in [6.45, 7) is 6.19. The summed E-state index contributed by atoms with van der Waals surface area (Å²) in [5.74, 6) is 1.06. The third-order valence-corrected chi connectivity index (χ3v) is 4.13. The van der Waals surface area contributed by atoms with E-state index in [1.807, 2.05) is 20.9 Å². The van der Waals surface area contributed by atoms with Gasteiger partial charge in [0.2, 0.25) is 0 Å². The third kappa shape index (κ3) is 4.13. The number of aromatic nitrogens is 1. The van der Waals surface area contributed by atoms with Gasteiger partial charge in [-0.05, 0) is 30.7 Å². The van der Waals surface area contributed by atoms with Gasteiger partial charge in [0.05, 0.1) is 5.56 Å². The summed E-state index contributed by atoms with van der Waals surface area (Å²) < 4.78 is 0. The molecule has 20 heavy (non-hydrogen) atoms. The van der Waals surface area contributed by atoms with Crippen molar-refractivity contribution in [3.8, 4) is 0 Å². The molecular weight excluding hydrogens is 272 g/mol. The fourth-order valence-corrected chi connectivity index (χ4v) is 2.86. The van der Waals surface area contributed by atoms with Crippen LogP contribution in [0.4, 0.5) is 5.82 Å². The van der Waals surface area contributed by atoms with Crippen molar-refractivity contribution >= 4 is 23.5 Å². The predicted molar refractivity (Wildman–Crippen MR) is 86.1 cm³/mol. The maximum atomic E-state index is 11.3. The molecule has 0 aliphatic heterocycles. The highest BCUT2D eigenvalue weighted by Gasteiger charge is 2.17. The molecule has 1 atom stereocenters. The fourth-order valence-electron chi connectivity index (χ4n) is 2.02. The molecule has 0 aromatic carbocycles. The highest BCUT2D eigenvalue weighted by atomic mass is 32.2. The summed E-state index contributed by atoms with van der Waals surface area (Å²) in [5, 5.41) is 9.25. The predicted octanol–water partition coefficient (Wildman–Crippen LogP) is 3.48. The number of hydrogen-bond acceptors (Lipinski definition) is 4. The van der Waals surface area contributed by atoms with Crippen LogP contribution in [0.3, 0.4) is 0 Å². The number of carboxylic acid groups (broad SMARTS) is 1. The summed E-state index contributed by atoms with van der Waals surface area (Å²) in [6.07, 6.45) is 3.09. The Hall–Kier alpha value is -1.23. The molecule has 1 heterocycles. The summed E-state index contributed by atoms with van der Waals surface area (Å²) in [4.78, 5) is 18.0. The lowest BCUT2D eigenvalue weighted by molar-refractivity contribution is 0.0696. The Balaban J connectivity index is 3.18. The number of nitrogens with zero attached hydrogens (tertiary/aromatic N) is 2.